The third kappa shape index (κ3) is 72.5. The van der Waals surface area contributed by atoms with Crippen LogP contribution >= 0.6 is 0 Å². The molecule has 0 rings (SSSR count). The van der Waals surface area contributed by atoms with Crippen LogP contribution in [-0.4, -0.2) is 0 Å². The second-order valence-electron chi connectivity index (χ2n) is 0. The van der Waals surface area contributed by atoms with Crippen LogP contribution in [0, 0.1) is 0 Å². The van der Waals surface area contributed by atoms with Gasteiger partial charge in [-0.3, -0.25) is 0 Å². The molecule has 0 bridgehead atoms. The molecule has 0 heterocycles. The molecule has 0 aromatic rings. The summed E-state index contributed by atoms with van der Waals surface area (Å²) >= 11 is 4.94. The molecular weight excluding hydrogens is 221 g/mol. The molecule has 0 saturated heterocycles. The molecule has 0 aromatic heterocycles. The van der Waals surface area contributed by atoms with E-state index < -0.39 is 0 Å². The van der Waals surface area contributed by atoms with Gasteiger partial charge in [0.05, 0.1) is 0 Å². The Kier molecular flexibility index (Phi) is 619. The van der Waals surface area contributed by atoms with Crippen LogP contribution in [0.1, 0.15) is 0 Å². The summed E-state index contributed by atoms with van der Waals surface area (Å²) in [5, 5.41) is 0. The van der Waals surface area contributed by atoms with E-state index in [1.165, 1.54) is 0 Å². The summed E-state index contributed by atoms with van der Waals surface area (Å²) in [6.07, 6.45) is 0. The Morgan fingerprint density at radius 3 is 1.17 bits per heavy atom. The van der Waals surface area contributed by atoms with Crippen LogP contribution in [0.2, 0.25) is 0 Å². The Morgan fingerprint density at radius 2 is 1.17 bits per heavy atom. The first-order chi connectivity index (χ1) is 2.00. The summed E-state index contributed by atoms with van der Waals surface area (Å²) in [5.41, 5.74) is 0. The van der Waals surface area contributed by atoms with Crippen LogP contribution in [-0.2, 0) is 61.4 Å². The first kappa shape index (κ1) is 27.6. The van der Waals surface area contributed by atoms with Gasteiger partial charge >= 0.3 is 55.9 Å². The van der Waals surface area contributed by atoms with Gasteiger partial charge in [0.15, 0.2) is 0 Å². The van der Waals surface area contributed by atoms with Gasteiger partial charge in [0.2, 0.25) is 0 Å². The van der Waals surface area contributed by atoms with Crippen molar-refractivity contribution in [1.82, 2.24) is 0 Å². The minimum absolute atomic E-state index is 0. The molecule has 0 radical (unpaired) electrons. The van der Waals surface area contributed by atoms with Crippen molar-refractivity contribution in [2.45, 2.75) is 0 Å². The molecule has 0 unspecified atom stereocenters. The van der Waals surface area contributed by atoms with Crippen molar-refractivity contribution in [3.8, 4) is 0 Å². The Morgan fingerprint density at radius 1 is 1.17 bits per heavy atom. The molecule has 0 N–H and O–H groups in total. The Bertz CT molecular complexity index is 12.8. The SMILES string of the molecule is [Fe+2].[O-2].[O]=[Co].[O]=[Ni]. The van der Waals surface area contributed by atoms with Crippen molar-refractivity contribution in [2.75, 3.05) is 0 Å². The normalized spacial score (nSPS) is 1.83. The van der Waals surface area contributed by atoms with E-state index >= 15 is 0 Å². The molecular formula is CoFeNiO3. The Labute approximate surface area is 61.4 Å². The van der Waals surface area contributed by atoms with Crippen molar-refractivity contribution >= 4 is 0 Å². The van der Waals surface area contributed by atoms with E-state index in [0.717, 1.165) is 0 Å². The zero-order valence-electron chi connectivity index (χ0n) is 2.23. The van der Waals surface area contributed by atoms with Crippen LogP contribution in [0.3, 0.4) is 0 Å². The molecule has 0 saturated carbocycles. The van der Waals surface area contributed by atoms with E-state index in [0.29, 0.717) is 0 Å². The minimum atomic E-state index is 0. The molecule has 0 amide bonds. The average molecular weight is 221 g/mol. The summed E-state index contributed by atoms with van der Waals surface area (Å²) in [6, 6.07) is 0. The second kappa shape index (κ2) is 135. The Balaban J connectivity index is -0.00000000500. The number of rotatable bonds is 0. The van der Waals surface area contributed by atoms with Crippen molar-refractivity contribution in [3.63, 3.8) is 0 Å². The van der Waals surface area contributed by atoms with Crippen LogP contribution in [0.5, 0.6) is 0 Å². The predicted molar refractivity (Wildman–Crippen MR) is 2.06 cm³/mol. The summed E-state index contributed by atoms with van der Waals surface area (Å²) in [6.45, 7) is 0. The quantitative estimate of drug-likeness (QED) is 0.524. The van der Waals surface area contributed by atoms with E-state index in [4.69, 9.17) is 7.76 Å². The van der Waals surface area contributed by atoms with Crippen LogP contribution < -0.4 is 0 Å². The maximum atomic E-state index is 7.94. The van der Waals surface area contributed by atoms with Crippen molar-refractivity contribution in [3.05, 3.63) is 0 Å². The van der Waals surface area contributed by atoms with E-state index in [9.17, 15) is 0 Å². The molecule has 3 nitrogen and oxygen atoms in total. The molecule has 6 heteroatoms. The average Bonchev–Trinajstić information content (AvgIpc) is 1.50. The summed E-state index contributed by atoms with van der Waals surface area (Å²) in [4.78, 5) is 0. The summed E-state index contributed by atoms with van der Waals surface area (Å²) in [7, 11) is 0. The molecule has 0 fully saturated rings. The van der Waals surface area contributed by atoms with E-state index in [1.807, 2.05) is 0 Å². The number of hydrogen-bond donors (Lipinski definition) is 0. The van der Waals surface area contributed by atoms with Crippen LogP contribution in [0.25, 0.3) is 0 Å². The maximum absolute atomic E-state index is 7.94. The van der Waals surface area contributed by atoms with Crippen LogP contribution in [0.15, 0.2) is 0 Å². The van der Waals surface area contributed by atoms with E-state index in [-0.39, 0.29) is 22.5 Å². The van der Waals surface area contributed by atoms with Crippen molar-refractivity contribution in [1.29, 1.82) is 0 Å². The van der Waals surface area contributed by atoms with Crippen molar-refractivity contribution < 1.29 is 61.4 Å². The van der Waals surface area contributed by atoms with Crippen molar-refractivity contribution in [2.24, 2.45) is 0 Å². The fourth-order valence-electron chi connectivity index (χ4n) is 0. The van der Waals surface area contributed by atoms with Gasteiger partial charge in [0.25, 0.3) is 0 Å². The molecule has 0 aromatic carbocycles. The van der Waals surface area contributed by atoms with Gasteiger partial charge in [-0.25, -0.2) is 0 Å². The molecule has 0 aliphatic rings. The van der Waals surface area contributed by atoms with Gasteiger partial charge in [-0.1, -0.05) is 0 Å². The predicted octanol–water partition coefficient (Wildman–Crippen LogP) is -0.364. The van der Waals surface area contributed by atoms with Gasteiger partial charge in [-0.2, -0.15) is 0 Å². The Hall–Kier alpha value is 1.08. The van der Waals surface area contributed by atoms with E-state index in [2.05, 4.69) is 31.1 Å². The monoisotopic (exact) mass is 221 g/mol. The van der Waals surface area contributed by atoms with Gasteiger partial charge in [-0.15, -0.1) is 0 Å². The third-order valence-electron chi connectivity index (χ3n) is 0. The fraction of sp³-hybridized carbons (Fsp3) is 0. The van der Waals surface area contributed by atoms with Gasteiger partial charge < -0.3 is 5.48 Å². The molecule has 0 aliphatic heterocycles. The fourth-order valence-corrected chi connectivity index (χ4v) is 0. The van der Waals surface area contributed by atoms with Gasteiger partial charge in [0.1, 0.15) is 0 Å². The first-order valence-electron chi connectivity index (χ1n) is 0.265. The van der Waals surface area contributed by atoms with Gasteiger partial charge in [0, 0.05) is 0 Å². The zero-order valence-corrected chi connectivity index (χ0v) is 5.36. The summed E-state index contributed by atoms with van der Waals surface area (Å²) < 4.78 is 15.8. The standard InChI is InChI=1S/Co.Fe.Ni.3O/q;+2;;;;-2. The summed E-state index contributed by atoms with van der Waals surface area (Å²) in [5.74, 6) is 0. The van der Waals surface area contributed by atoms with Gasteiger partial charge in [-0.05, 0) is 0 Å². The first-order valence-corrected chi connectivity index (χ1v) is 1.09. The molecule has 0 aliphatic carbocycles. The molecule has 45 valence electrons. The van der Waals surface area contributed by atoms with Crippen LogP contribution in [0.4, 0.5) is 0 Å². The zero-order chi connectivity index (χ0) is 4.00. The topological polar surface area (TPSA) is 62.6 Å². The third-order valence-corrected chi connectivity index (χ3v) is 0. The molecule has 0 atom stereocenters. The van der Waals surface area contributed by atoms with E-state index in [1.54, 1.807) is 0 Å². The second-order valence-corrected chi connectivity index (χ2v) is 0. The molecule has 0 spiro atoms. The molecule has 6 heavy (non-hydrogen) atoms. The number of hydrogen-bond acceptors (Lipinski definition) is 2.